The van der Waals surface area contributed by atoms with Gasteiger partial charge in [0.2, 0.25) is 0 Å². The van der Waals surface area contributed by atoms with Gasteiger partial charge in [-0.2, -0.15) is 0 Å². The quantitative estimate of drug-likeness (QED) is 0.827. The van der Waals surface area contributed by atoms with Gasteiger partial charge in [0.05, 0.1) is 6.10 Å². The SMILES string of the molecule is CCC(CC)(c1ccccc1)C(O)c1ccc(C)cc1. The Labute approximate surface area is 122 Å². The number of benzene rings is 2. The maximum absolute atomic E-state index is 11.0. The zero-order valence-corrected chi connectivity index (χ0v) is 12.6. The van der Waals surface area contributed by atoms with Gasteiger partial charge in [-0.25, -0.2) is 0 Å². The summed E-state index contributed by atoms with van der Waals surface area (Å²) in [5.41, 5.74) is 3.23. The van der Waals surface area contributed by atoms with Crippen molar-refractivity contribution in [2.45, 2.75) is 45.1 Å². The highest BCUT2D eigenvalue weighted by Crippen LogP contribution is 2.43. The van der Waals surface area contributed by atoms with Crippen LogP contribution in [0.5, 0.6) is 0 Å². The van der Waals surface area contributed by atoms with E-state index in [2.05, 4.69) is 57.2 Å². The molecule has 20 heavy (non-hydrogen) atoms. The second-order valence-corrected chi connectivity index (χ2v) is 5.54. The lowest BCUT2D eigenvalue weighted by Gasteiger charge is -2.37. The van der Waals surface area contributed by atoms with Crippen molar-refractivity contribution in [3.63, 3.8) is 0 Å². The molecule has 106 valence electrons. The van der Waals surface area contributed by atoms with Gasteiger partial charge in [-0.1, -0.05) is 74.0 Å². The highest BCUT2D eigenvalue weighted by atomic mass is 16.3. The van der Waals surface area contributed by atoms with Gasteiger partial charge in [-0.15, -0.1) is 0 Å². The predicted octanol–water partition coefficient (Wildman–Crippen LogP) is 4.79. The number of aliphatic hydroxyl groups is 1. The summed E-state index contributed by atoms with van der Waals surface area (Å²) in [6.45, 7) is 6.39. The molecule has 0 aromatic heterocycles. The normalized spacial score (nSPS) is 13.2. The summed E-state index contributed by atoms with van der Waals surface area (Å²) in [5.74, 6) is 0. The lowest BCUT2D eigenvalue weighted by molar-refractivity contribution is 0.0727. The van der Waals surface area contributed by atoms with E-state index in [-0.39, 0.29) is 5.41 Å². The molecule has 1 N–H and O–H groups in total. The van der Waals surface area contributed by atoms with Crippen LogP contribution >= 0.6 is 0 Å². The first kappa shape index (κ1) is 14.8. The van der Waals surface area contributed by atoms with Gasteiger partial charge in [0.1, 0.15) is 0 Å². The molecule has 1 heteroatoms. The molecule has 0 fully saturated rings. The van der Waals surface area contributed by atoms with Crippen LogP contribution < -0.4 is 0 Å². The standard InChI is InChI=1S/C19H24O/c1-4-19(5-2,17-9-7-6-8-10-17)18(20)16-13-11-15(3)12-14-16/h6-14,18,20H,4-5H2,1-3H3. The molecule has 2 rings (SSSR count). The van der Waals surface area contributed by atoms with Crippen molar-refractivity contribution >= 4 is 0 Å². The molecule has 1 nitrogen and oxygen atoms in total. The van der Waals surface area contributed by atoms with Gasteiger partial charge < -0.3 is 5.11 Å². The van der Waals surface area contributed by atoms with E-state index >= 15 is 0 Å². The molecule has 0 aliphatic carbocycles. The van der Waals surface area contributed by atoms with Crippen molar-refractivity contribution in [2.24, 2.45) is 0 Å². The minimum Gasteiger partial charge on any atom is -0.387 e. The zero-order valence-electron chi connectivity index (χ0n) is 12.6. The van der Waals surface area contributed by atoms with E-state index < -0.39 is 6.10 Å². The summed E-state index contributed by atoms with van der Waals surface area (Å²) in [7, 11) is 0. The molecule has 0 saturated heterocycles. The summed E-state index contributed by atoms with van der Waals surface area (Å²) in [5, 5.41) is 11.0. The topological polar surface area (TPSA) is 20.2 Å². The highest BCUT2D eigenvalue weighted by molar-refractivity contribution is 5.33. The molecule has 1 unspecified atom stereocenters. The van der Waals surface area contributed by atoms with Crippen LogP contribution in [0, 0.1) is 6.92 Å². The molecule has 1 atom stereocenters. The number of aliphatic hydroxyl groups excluding tert-OH is 1. The van der Waals surface area contributed by atoms with Gasteiger partial charge in [-0.05, 0) is 30.9 Å². The van der Waals surface area contributed by atoms with Crippen molar-refractivity contribution in [3.8, 4) is 0 Å². The Morgan fingerprint density at radius 3 is 1.95 bits per heavy atom. The van der Waals surface area contributed by atoms with Crippen LogP contribution in [0.15, 0.2) is 54.6 Å². The predicted molar refractivity (Wildman–Crippen MR) is 84.8 cm³/mol. The summed E-state index contributed by atoms with van der Waals surface area (Å²) in [6, 6.07) is 18.6. The lowest BCUT2D eigenvalue weighted by Crippen LogP contribution is -2.32. The fourth-order valence-electron chi connectivity index (χ4n) is 3.04. The van der Waals surface area contributed by atoms with Crippen molar-refractivity contribution in [1.29, 1.82) is 0 Å². The molecule has 2 aromatic rings. The van der Waals surface area contributed by atoms with Crippen LogP contribution in [0.1, 0.15) is 49.5 Å². The van der Waals surface area contributed by atoms with E-state index in [1.165, 1.54) is 11.1 Å². The summed E-state index contributed by atoms with van der Waals surface area (Å²) in [4.78, 5) is 0. The minimum absolute atomic E-state index is 0.212. The minimum atomic E-state index is -0.472. The Hall–Kier alpha value is -1.60. The van der Waals surface area contributed by atoms with Gasteiger partial charge in [-0.3, -0.25) is 0 Å². The largest absolute Gasteiger partial charge is 0.387 e. The summed E-state index contributed by atoms with van der Waals surface area (Å²) >= 11 is 0. The molecule has 0 spiro atoms. The fourth-order valence-corrected chi connectivity index (χ4v) is 3.04. The first-order valence-corrected chi connectivity index (χ1v) is 7.44. The third-order valence-corrected chi connectivity index (χ3v) is 4.53. The lowest BCUT2D eigenvalue weighted by atomic mass is 9.69. The Morgan fingerprint density at radius 2 is 1.45 bits per heavy atom. The third-order valence-electron chi connectivity index (χ3n) is 4.53. The molecular formula is C19H24O. The number of aryl methyl sites for hydroxylation is 1. The Bertz CT molecular complexity index is 523. The highest BCUT2D eigenvalue weighted by Gasteiger charge is 2.37. The summed E-state index contributed by atoms with van der Waals surface area (Å²) < 4.78 is 0. The van der Waals surface area contributed by atoms with Crippen molar-refractivity contribution < 1.29 is 5.11 Å². The van der Waals surface area contributed by atoms with Crippen LogP contribution in [0.3, 0.4) is 0 Å². The zero-order chi connectivity index (χ0) is 14.6. The van der Waals surface area contributed by atoms with E-state index in [1.807, 2.05) is 18.2 Å². The van der Waals surface area contributed by atoms with E-state index in [4.69, 9.17) is 0 Å². The number of hydrogen-bond donors (Lipinski definition) is 1. The molecule has 2 aromatic carbocycles. The van der Waals surface area contributed by atoms with E-state index in [9.17, 15) is 5.11 Å². The van der Waals surface area contributed by atoms with Crippen LogP contribution in [-0.4, -0.2) is 5.11 Å². The Morgan fingerprint density at radius 1 is 0.900 bits per heavy atom. The van der Waals surface area contributed by atoms with E-state index in [0.29, 0.717) is 0 Å². The number of hydrogen-bond acceptors (Lipinski definition) is 1. The van der Waals surface area contributed by atoms with Crippen LogP contribution in [0.4, 0.5) is 0 Å². The first-order chi connectivity index (χ1) is 9.64. The van der Waals surface area contributed by atoms with Crippen molar-refractivity contribution in [2.75, 3.05) is 0 Å². The summed E-state index contributed by atoms with van der Waals surface area (Å²) in [6.07, 6.45) is 1.37. The van der Waals surface area contributed by atoms with E-state index in [0.717, 1.165) is 18.4 Å². The van der Waals surface area contributed by atoms with Crippen LogP contribution in [-0.2, 0) is 5.41 Å². The average Bonchev–Trinajstić information content (AvgIpc) is 2.51. The Kier molecular flexibility index (Phi) is 4.61. The first-order valence-electron chi connectivity index (χ1n) is 7.44. The maximum Gasteiger partial charge on any atom is 0.0886 e. The second-order valence-electron chi connectivity index (χ2n) is 5.54. The average molecular weight is 268 g/mol. The maximum atomic E-state index is 11.0. The smallest absolute Gasteiger partial charge is 0.0886 e. The second kappa shape index (κ2) is 6.23. The van der Waals surface area contributed by atoms with Gasteiger partial charge in [0.15, 0.2) is 0 Å². The van der Waals surface area contributed by atoms with Gasteiger partial charge >= 0.3 is 0 Å². The molecule has 0 radical (unpaired) electrons. The molecule has 0 amide bonds. The monoisotopic (exact) mass is 268 g/mol. The van der Waals surface area contributed by atoms with Crippen molar-refractivity contribution in [1.82, 2.24) is 0 Å². The van der Waals surface area contributed by atoms with Crippen LogP contribution in [0.2, 0.25) is 0 Å². The molecule has 0 saturated carbocycles. The molecule has 0 heterocycles. The molecule has 0 aliphatic heterocycles. The molecular weight excluding hydrogens is 244 g/mol. The van der Waals surface area contributed by atoms with Gasteiger partial charge in [0, 0.05) is 5.41 Å². The van der Waals surface area contributed by atoms with Crippen molar-refractivity contribution in [3.05, 3.63) is 71.3 Å². The number of rotatable bonds is 5. The van der Waals surface area contributed by atoms with Crippen LogP contribution in [0.25, 0.3) is 0 Å². The third kappa shape index (κ3) is 2.64. The van der Waals surface area contributed by atoms with E-state index in [1.54, 1.807) is 0 Å². The van der Waals surface area contributed by atoms with Gasteiger partial charge in [0.25, 0.3) is 0 Å². The Balaban J connectivity index is 2.45. The molecule has 0 bridgehead atoms. The molecule has 0 aliphatic rings. The fraction of sp³-hybridized carbons (Fsp3) is 0.368.